The monoisotopic (exact) mass is 308 g/mol. The zero-order chi connectivity index (χ0) is 16.4. The van der Waals surface area contributed by atoms with E-state index in [4.69, 9.17) is 5.11 Å². The second-order valence-electron chi connectivity index (χ2n) is 6.60. The van der Waals surface area contributed by atoms with Crippen molar-refractivity contribution in [3.05, 3.63) is 0 Å². The van der Waals surface area contributed by atoms with Gasteiger partial charge in [-0.05, 0) is 19.3 Å². The Morgan fingerprint density at radius 1 is 1.15 bits per heavy atom. The van der Waals surface area contributed by atoms with Gasteiger partial charge >= 0.3 is 5.97 Å². The molecule has 0 rings (SSSR count). The number of sulfonamides is 1. The largest absolute Gasteiger partial charge is 0.481 e. The number of rotatable bonds is 6. The van der Waals surface area contributed by atoms with Gasteiger partial charge < -0.3 is 10.4 Å². The van der Waals surface area contributed by atoms with E-state index in [0.717, 1.165) is 6.26 Å². The molecule has 0 heterocycles. The van der Waals surface area contributed by atoms with Gasteiger partial charge in [0.05, 0.1) is 11.7 Å². The molecule has 3 N–H and O–H groups in total. The summed E-state index contributed by atoms with van der Waals surface area (Å²) in [5, 5.41) is 11.5. The van der Waals surface area contributed by atoms with Crippen LogP contribution in [-0.2, 0) is 19.6 Å². The molecule has 0 bridgehead atoms. The number of amides is 1. The van der Waals surface area contributed by atoms with Gasteiger partial charge in [0, 0.05) is 6.54 Å². The topological polar surface area (TPSA) is 113 Å². The van der Waals surface area contributed by atoms with Crippen molar-refractivity contribution in [2.75, 3.05) is 12.8 Å². The number of carbonyl (C=O) groups is 2. The van der Waals surface area contributed by atoms with Crippen molar-refractivity contribution in [1.82, 2.24) is 10.0 Å². The average Bonchev–Trinajstić information content (AvgIpc) is 2.19. The van der Waals surface area contributed by atoms with Gasteiger partial charge in [0.15, 0.2) is 0 Å². The molecule has 118 valence electrons. The summed E-state index contributed by atoms with van der Waals surface area (Å²) in [6, 6.07) is -0.970. The minimum atomic E-state index is -3.55. The van der Waals surface area contributed by atoms with E-state index in [0.29, 0.717) is 0 Å². The highest BCUT2D eigenvalue weighted by Gasteiger charge is 2.35. The Hall–Kier alpha value is -1.15. The molecule has 20 heavy (non-hydrogen) atoms. The lowest BCUT2D eigenvalue weighted by atomic mass is 9.86. The minimum absolute atomic E-state index is 0.0841. The normalized spacial score (nSPS) is 14.7. The lowest BCUT2D eigenvalue weighted by molar-refractivity contribution is -0.146. The summed E-state index contributed by atoms with van der Waals surface area (Å²) in [5.74, 6) is -1.58. The predicted octanol–water partition coefficient (Wildman–Crippen LogP) is 0.177. The zero-order valence-electron chi connectivity index (χ0n) is 12.8. The van der Waals surface area contributed by atoms with Crippen molar-refractivity contribution < 1.29 is 23.1 Å². The molecule has 0 aromatic carbocycles. The van der Waals surface area contributed by atoms with E-state index in [9.17, 15) is 18.0 Å². The molecule has 0 saturated carbocycles. The summed E-state index contributed by atoms with van der Waals surface area (Å²) in [7, 11) is -3.55. The lowest BCUT2D eigenvalue weighted by Gasteiger charge is -2.30. The van der Waals surface area contributed by atoms with Crippen molar-refractivity contribution >= 4 is 21.9 Å². The molecule has 0 saturated heterocycles. The summed E-state index contributed by atoms with van der Waals surface area (Å²) in [6.45, 7) is 8.03. The molecule has 8 heteroatoms. The van der Waals surface area contributed by atoms with Crippen LogP contribution in [0.2, 0.25) is 0 Å². The Bertz CT molecular complexity index is 477. The molecule has 1 amide bonds. The third-order valence-corrected chi connectivity index (χ3v) is 3.41. The van der Waals surface area contributed by atoms with E-state index in [1.54, 1.807) is 20.8 Å². The molecule has 0 spiro atoms. The van der Waals surface area contributed by atoms with E-state index < -0.39 is 38.8 Å². The fourth-order valence-corrected chi connectivity index (χ4v) is 2.21. The molecule has 0 aliphatic rings. The fraction of sp³-hybridized carbons (Fsp3) is 0.833. The van der Waals surface area contributed by atoms with Crippen LogP contribution in [0.15, 0.2) is 0 Å². The Balaban J connectivity index is 4.97. The van der Waals surface area contributed by atoms with Gasteiger partial charge in [-0.15, -0.1) is 0 Å². The Kier molecular flexibility index (Phi) is 5.74. The second-order valence-corrected chi connectivity index (χ2v) is 8.38. The third kappa shape index (κ3) is 6.33. The maximum absolute atomic E-state index is 12.1. The van der Waals surface area contributed by atoms with Gasteiger partial charge in [-0.25, -0.2) is 13.1 Å². The van der Waals surface area contributed by atoms with Crippen LogP contribution < -0.4 is 10.0 Å². The van der Waals surface area contributed by atoms with Gasteiger partial charge in [-0.1, -0.05) is 20.8 Å². The van der Waals surface area contributed by atoms with Crippen LogP contribution in [0.1, 0.15) is 34.6 Å². The van der Waals surface area contributed by atoms with Crippen LogP contribution in [0.3, 0.4) is 0 Å². The van der Waals surface area contributed by atoms with E-state index in [2.05, 4.69) is 10.0 Å². The highest BCUT2D eigenvalue weighted by molar-refractivity contribution is 7.88. The maximum Gasteiger partial charge on any atom is 0.310 e. The number of carboxylic acids is 1. The van der Waals surface area contributed by atoms with Gasteiger partial charge in [0.25, 0.3) is 0 Å². The number of nitrogens with one attached hydrogen (secondary N) is 2. The highest BCUT2D eigenvalue weighted by atomic mass is 32.2. The lowest BCUT2D eigenvalue weighted by Crippen LogP contribution is -2.54. The molecule has 0 radical (unpaired) electrons. The Morgan fingerprint density at radius 2 is 1.60 bits per heavy atom. The van der Waals surface area contributed by atoms with Gasteiger partial charge in [0.2, 0.25) is 15.9 Å². The first kappa shape index (κ1) is 18.9. The first-order chi connectivity index (χ1) is 8.67. The quantitative estimate of drug-likeness (QED) is 0.648. The SMILES string of the molecule is CC(C)(CNC(=O)C(NS(C)(=O)=O)C(C)(C)C)C(=O)O. The highest BCUT2D eigenvalue weighted by Crippen LogP contribution is 2.21. The molecule has 0 aliphatic heterocycles. The van der Waals surface area contributed by atoms with Crippen LogP contribution in [0.25, 0.3) is 0 Å². The van der Waals surface area contributed by atoms with Crippen molar-refractivity contribution in [1.29, 1.82) is 0 Å². The molecule has 0 aromatic heterocycles. The molecule has 1 atom stereocenters. The average molecular weight is 308 g/mol. The van der Waals surface area contributed by atoms with Crippen molar-refractivity contribution in [2.24, 2.45) is 10.8 Å². The van der Waals surface area contributed by atoms with E-state index in [1.807, 2.05) is 0 Å². The maximum atomic E-state index is 12.1. The van der Waals surface area contributed by atoms with Crippen LogP contribution in [-0.4, -0.2) is 44.2 Å². The second kappa shape index (κ2) is 6.09. The van der Waals surface area contributed by atoms with Gasteiger partial charge in [-0.2, -0.15) is 0 Å². The van der Waals surface area contributed by atoms with Crippen LogP contribution in [0, 0.1) is 10.8 Å². The minimum Gasteiger partial charge on any atom is -0.481 e. The van der Waals surface area contributed by atoms with Crippen molar-refractivity contribution in [3.63, 3.8) is 0 Å². The van der Waals surface area contributed by atoms with Crippen molar-refractivity contribution in [3.8, 4) is 0 Å². The molecular weight excluding hydrogens is 284 g/mol. The van der Waals surface area contributed by atoms with Crippen LogP contribution in [0.4, 0.5) is 0 Å². The van der Waals surface area contributed by atoms with Crippen LogP contribution >= 0.6 is 0 Å². The Morgan fingerprint density at radius 3 is 1.90 bits per heavy atom. The third-order valence-electron chi connectivity index (χ3n) is 2.74. The first-order valence-corrected chi connectivity index (χ1v) is 8.04. The number of hydrogen-bond acceptors (Lipinski definition) is 4. The first-order valence-electron chi connectivity index (χ1n) is 6.15. The van der Waals surface area contributed by atoms with E-state index in [1.165, 1.54) is 13.8 Å². The number of carboxylic acid groups (broad SMARTS) is 1. The zero-order valence-corrected chi connectivity index (χ0v) is 13.6. The fourth-order valence-electron chi connectivity index (χ4n) is 1.32. The molecule has 0 fully saturated rings. The van der Waals surface area contributed by atoms with E-state index >= 15 is 0 Å². The molecular formula is C12H24N2O5S. The summed E-state index contributed by atoms with van der Waals surface area (Å²) in [6.07, 6.45) is 0.972. The predicted molar refractivity (Wildman–Crippen MR) is 75.6 cm³/mol. The van der Waals surface area contributed by atoms with E-state index in [-0.39, 0.29) is 6.54 Å². The summed E-state index contributed by atoms with van der Waals surface area (Å²) < 4.78 is 24.9. The van der Waals surface area contributed by atoms with Crippen molar-refractivity contribution in [2.45, 2.75) is 40.7 Å². The van der Waals surface area contributed by atoms with Gasteiger partial charge in [-0.3, -0.25) is 9.59 Å². The number of hydrogen-bond donors (Lipinski definition) is 3. The standard InChI is InChI=1S/C12H24N2O5S/c1-11(2,3)8(14-20(6,18)19)9(15)13-7-12(4,5)10(16)17/h8,14H,7H2,1-6H3,(H,13,15)(H,16,17). The van der Waals surface area contributed by atoms with Gasteiger partial charge in [0.1, 0.15) is 6.04 Å². The Labute approximate surface area is 120 Å². The molecule has 0 aromatic rings. The molecule has 1 unspecified atom stereocenters. The summed E-state index contributed by atoms with van der Waals surface area (Å²) in [5.41, 5.74) is -1.76. The summed E-state index contributed by atoms with van der Waals surface area (Å²) >= 11 is 0. The summed E-state index contributed by atoms with van der Waals surface area (Å²) in [4.78, 5) is 23.1. The molecule has 0 aliphatic carbocycles. The number of carbonyl (C=O) groups excluding carboxylic acids is 1. The number of aliphatic carboxylic acids is 1. The smallest absolute Gasteiger partial charge is 0.310 e. The molecule has 7 nitrogen and oxygen atoms in total. The van der Waals surface area contributed by atoms with Crippen LogP contribution in [0.5, 0.6) is 0 Å².